The summed E-state index contributed by atoms with van der Waals surface area (Å²) in [5.74, 6) is 0. The van der Waals surface area contributed by atoms with Crippen LogP contribution >= 0.6 is 0 Å². The molecule has 0 radical (unpaired) electrons. The minimum absolute atomic E-state index is 0.834. The first-order chi connectivity index (χ1) is 4.77. The average Bonchev–Trinajstić information content (AvgIpc) is 1.55. The zero-order chi connectivity index (χ0) is 9.12. The summed E-state index contributed by atoms with van der Waals surface area (Å²) in [5, 5.41) is 10.6. The predicted molar refractivity (Wildman–Crippen MR) is 37.0 cm³/mol. The predicted octanol–water partition coefficient (Wildman–Crippen LogP) is 0.0444. The van der Waals surface area contributed by atoms with Gasteiger partial charge in [-0.05, 0) is 13.8 Å². The molecule has 0 saturated carbocycles. The van der Waals surface area contributed by atoms with E-state index in [1.807, 2.05) is 0 Å². The summed E-state index contributed by atoms with van der Waals surface area (Å²) in [6.45, 7) is 2.61. The van der Waals surface area contributed by atoms with Crippen molar-refractivity contribution < 1.29 is 22.4 Å². The van der Waals surface area contributed by atoms with E-state index < -0.39 is 16.0 Å². The molecule has 0 unspecified atom stereocenters. The first-order valence-electron chi connectivity index (χ1n) is 2.63. The van der Waals surface area contributed by atoms with Gasteiger partial charge in [-0.15, -0.1) is 0 Å². The van der Waals surface area contributed by atoms with Crippen LogP contribution in [0.25, 0.3) is 0 Å². The largest absolute Gasteiger partial charge is 0.411 e. The molecule has 0 aromatic heterocycles. The molecule has 0 heterocycles. The fraction of sp³-hybridized carbons (Fsp3) is 0.750. The van der Waals surface area contributed by atoms with Crippen molar-refractivity contribution in [2.24, 2.45) is 5.16 Å². The summed E-state index contributed by atoms with van der Waals surface area (Å²) in [7, 11) is -4.51. The molecule has 0 aliphatic rings. The normalized spacial score (nSPS) is 14.1. The van der Waals surface area contributed by atoms with E-state index in [9.17, 15) is 8.42 Å². The van der Waals surface area contributed by atoms with Gasteiger partial charge in [-0.1, -0.05) is 5.16 Å². The quantitative estimate of drug-likeness (QED) is 0.279. The second-order valence-electron chi connectivity index (χ2n) is 2.36. The standard InChI is InChI=1S/C4H9NO5S/c1-4(2,3-5-6)10-11(7,8)9/h3,6H,1-2H3,(H,7,8,9)/b5-3+. The third-order valence-electron chi connectivity index (χ3n) is 0.689. The second-order valence-corrected chi connectivity index (χ2v) is 3.38. The highest BCUT2D eigenvalue weighted by molar-refractivity contribution is 7.81. The van der Waals surface area contributed by atoms with Gasteiger partial charge in [-0.25, -0.2) is 4.18 Å². The van der Waals surface area contributed by atoms with E-state index in [0.717, 1.165) is 6.21 Å². The monoisotopic (exact) mass is 183 g/mol. The van der Waals surface area contributed by atoms with Crippen molar-refractivity contribution in [3.8, 4) is 0 Å². The number of oxime groups is 1. The Hall–Kier alpha value is -0.660. The maximum atomic E-state index is 10.1. The molecule has 0 fully saturated rings. The molecule has 0 aliphatic carbocycles. The van der Waals surface area contributed by atoms with Gasteiger partial charge < -0.3 is 5.21 Å². The van der Waals surface area contributed by atoms with Crippen LogP contribution in [0.5, 0.6) is 0 Å². The van der Waals surface area contributed by atoms with E-state index in [1.165, 1.54) is 13.8 Å². The van der Waals surface area contributed by atoms with E-state index in [2.05, 4.69) is 9.34 Å². The van der Waals surface area contributed by atoms with Crippen LogP contribution in [0.4, 0.5) is 0 Å². The van der Waals surface area contributed by atoms with Gasteiger partial charge in [0.2, 0.25) is 0 Å². The summed E-state index contributed by atoms with van der Waals surface area (Å²) >= 11 is 0. The van der Waals surface area contributed by atoms with Crippen molar-refractivity contribution >= 4 is 16.6 Å². The smallest absolute Gasteiger partial charge is 0.398 e. The van der Waals surface area contributed by atoms with E-state index >= 15 is 0 Å². The number of hydrogen-bond donors (Lipinski definition) is 2. The van der Waals surface area contributed by atoms with Crippen molar-refractivity contribution in [3.05, 3.63) is 0 Å². The molecule has 0 atom stereocenters. The van der Waals surface area contributed by atoms with Crippen molar-refractivity contribution in [3.63, 3.8) is 0 Å². The molecule has 0 saturated heterocycles. The van der Waals surface area contributed by atoms with Gasteiger partial charge in [0.1, 0.15) is 5.60 Å². The minimum atomic E-state index is -4.51. The summed E-state index contributed by atoms with van der Waals surface area (Å²) in [5.41, 5.74) is -1.34. The van der Waals surface area contributed by atoms with Crippen molar-refractivity contribution in [2.75, 3.05) is 0 Å². The Morgan fingerprint density at radius 3 is 2.27 bits per heavy atom. The summed E-state index contributed by atoms with van der Waals surface area (Å²) in [4.78, 5) is 0. The molecule has 0 aromatic carbocycles. The highest BCUT2D eigenvalue weighted by Crippen LogP contribution is 2.08. The molecule has 7 heteroatoms. The van der Waals surface area contributed by atoms with Crippen molar-refractivity contribution in [1.82, 2.24) is 0 Å². The van der Waals surface area contributed by atoms with Gasteiger partial charge in [0.15, 0.2) is 0 Å². The molecular formula is C4H9NO5S. The van der Waals surface area contributed by atoms with Gasteiger partial charge >= 0.3 is 10.4 Å². The van der Waals surface area contributed by atoms with Crippen LogP contribution in [0.2, 0.25) is 0 Å². The lowest BCUT2D eigenvalue weighted by molar-refractivity contribution is 0.164. The summed E-state index contributed by atoms with van der Waals surface area (Å²) < 4.78 is 32.5. The van der Waals surface area contributed by atoms with Crippen LogP contribution in [-0.4, -0.2) is 30.0 Å². The van der Waals surface area contributed by atoms with Gasteiger partial charge in [0.05, 0.1) is 6.21 Å². The van der Waals surface area contributed by atoms with Crippen LogP contribution in [0, 0.1) is 0 Å². The minimum Gasteiger partial charge on any atom is -0.411 e. The van der Waals surface area contributed by atoms with Gasteiger partial charge in [0, 0.05) is 0 Å². The van der Waals surface area contributed by atoms with Crippen molar-refractivity contribution in [1.29, 1.82) is 0 Å². The van der Waals surface area contributed by atoms with E-state index in [1.54, 1.807) is 0 Å². The molecule has 2 N–H and O–H groups in total. The number of nitrogens with zero attached hydrogens (tertiary/aromatic N) is 1. The Labute approximate surface area is 64.4 Å². The fourth-order valence-electron chi connectivity index (χ4n) is 0.432. The lowest BCUT2D eigenvalue weighted by Crippen LogP contribution is -2.29. The molecule has 0 rings (SSSR count). The molecule has 11 heavy (non-hydrogen) atoms. The number of rotatable bonds is 3. The zero-order valence-electron chi connectivity index (χ0n) is 6.05. The van der Waals surface area contributed by atoms with Gasteiger partial charge in [-0.2, -0.15) is 8.42 Å². The first kappa shape index (κ1) is 10.3. The third-order valence-corrected chi connectivity index (χ3v) is 1.33. The van der Waals surface area contributed by atoms with E-state index in [4.69, 9.17) is 9.76 Å². The topological polar surface area (TPSA) is 96.2 Å². The van der Waals surface area contributed by atoms with Crippen molar-refractivity contribution in [2.45, 2.75) is 19.4 Å². The lowest BCUT2D eigenvalue weighted by atomic mass is 10.2. The molecule has 0 bridgehead atoms. The SMILES string of the molecule is CC(C)(/C=N/O)OS(=O)(=O)O. The van der Waals surface area contributed by atoms with Crippen LogP contribution in [0.15, 0.2) is 5.16 Å². The Morgan fingerprint density at radius 2 is 2.00 bits per heavy atom. The summed E-state index contributed by atoms with van der Waals surface area (Å²) in [6.07, 6.45) is 0.834. The Bertz CT molecular complexity index is 241. The van der Waals surface area contributed by atoms with Crippen LogP contribution in [0.1, 0.15) is 13.8 Å². The van der Waals surface area contributed by atoms with E-state index in [0.29, 0.717) is 0 Å². The Kier molecular flexibility index (Phi) is 2.97. The molecule has 0 spiro atoms. The molecule has 0 amide bonds. The average molecular weight is 183 g/mol. The summed E-state index contributed by atoms with van der Waals surface area (Å²) in [6, 6.07) is 0. The fourth-order valence-corrected chi connectivity index (χ4v) is 1.02. The molecule has 0 aromatic rings. The molecule has 6 nitrogen and oxygen atoms in total. The van der Waals surface area contributed by atoms with Gasteiger partial charge in [0.25, 0.3) is 0 Å². The third kappa shape index (κ3) is 5.77. The van der Waals surface area contributed by atoms with Crippen LogP contribution in [-0.2, 0) is 14.6 Å². The molecular weight excluding hydrogens is 174 g/mol. The molecule has 66 valence electrons. The van der Waals surface area contributed by atoms with Crippen LogP contribution < -0.4 is 0 Å². The maximum Gasteiger partial charge on any atom is 0.398 e. The first-order valence-corrected chi connectivity index (χ1v) is 4.00. The Morgan fingerprint density at radius 1 is 1.55 bits per heavy atom. The Balaban J connectivity index is 4.37. The lowest BCUT2D eigenvalue weighted by Gasteiger charge is -2.15. The number of hydrogen-bond acceptors (Lipinski definition) is 5. The van der Waals surface area contributed by atoms with E-state index in [-0.39, 0.29) is 0 Å². The maximum absolute atomic E-state index is 10.1. The molecule has 0 aliphatic heterocycles. The highest BCUT2D eigenvalue weighted by Gasteiger charge is 2.23. The highest BCUT2D eigenvalue weighted by atomic mass is 32.3. The van der Waals surface area contributed by atoms with Crippen LogP contribution in [0.3, 0.4) is 0 Å². The second kappa shape index (κ2) is 3.16. The van der Waals surface area contributed by atoms with Gasteiger partial charge in [-0.3, -0.25) is 4.55 Å². The zero-order valence-corrected chi connectivity index (χ0v) is 6.87.